The number of sulfone groups is 1. The van der Waals surface area contributed by atoms with E-state index in [1.54, 1.807) is 13.8 Å². The number of rotatable bonds is 10. The molecule has 0 atom stereocenters. The van der Waals surface area contributed by atoms with Crippen LogP contribution in [0.4, 0.5) is 0 Å². The number of nitrogens with one attached hydrogen (secondary N) is 1. The highest BCUT2D eigenvalue weighted by Gasteiger charge is 2.29. The Morgan fingerprint density at radius 3 is 2.06 bits per heavy atom. The van der Waals surface area contributed by atoms with E-state index >= 15 is 0 Å². The molecule has 4 heteroatoms. The van der Waals surface area contributed by atoms with Gasteiger partial charge in [0.15, 0.2) is 9.84 Å². The monoisotopic (exact) mass is 263 g/mol. The Morgan fingerprint density at radius 2 is 1.53 bits per heavy atom. The zero-order valence-electron chi connectivity index (χ0n) is 11.9. The van der Waals surface area contributed by atoms with Gasteiger partial charge in [-0.1, -0.05) is 39.0 Å². The minimum atomic E-state index is -2.97. The maximum Gasteiger partial charge on any atom is 0.153 e. The summed E-state index contributed by atoms with van der Waals surface area (Å²) in [7, 11) is -2.97. The number of unbranched alkanes of at least 4 members (excludes halogenated alkanes) is 5. The second-order valence-corrected chi connectivity index (χ2v) is 8.13. The molecular weight excluding hydrogens is 234 g/mol. The Morgan fingerprint density at radius 1 is 1.00 bits per heavy atom. The molecule has 0 fully saturated rings. The van der Waals surface area contributed by atoms with Crippen LogP contribution >= 0.6 is 0 Å². The second kappa shape index (κ2) is 8.09. The predicted molar refractivity (Wildman–Crippen MR) is 75.2 cm³/mol. The molecule has 0 heterocycles. The summed E-state index contributed by atoms with van der Waals surface area (Å²) in [6.45, 7) is 7.23. The van der Waals surface area contributed by atoms with Crippen molar-refractivity contribution in [2.24, 2.45) is 0 Å². The average Bonchev–Trinajstić information content (AvgIpc) is 2.20. The second-order valence-electron chi connectivity index (χ2n) is 5.48. The van der Waals surface area contributed by atoms with Crippen molar-refractivity contribution in [3.8, 4) is 0 Å². The molecule has 0 bridgehead atoms. The van der Waals surface area contributed by atoms with Gasteiger partial charge in [-0.2, -0.15) is 0 Å². The third-order valence-corrected chi connectivity index (χ3v) is 5.41. The van der Waals surface area contributed by atoms with E-state index in [1.807, 2.05) is 0 Å². The van der Waals surface area contributed by atoms with Crippen LogP contribution in [-0.2, 0) is 9.84 Å². The molecule has 0 aromatic carbocycles. The maximum absolute atomic E-state index is 11.5. The molecule has 0 unspecified atom stereocenters. The van der Waals surface area contributed by atoms with Crippen molar-refractivity contribution in [3.63, 3.8) is 0 Å². The lowest BCUT2D eigenvalue weighted by Crippen LogP contribution is -2.41. The fourth-order valence-corrected chi connectivity index (χ4v) is 1.92. The highest BCUT2D eigenvalue weighted by molar-refractivity contribution is 7.92. The van der Waals surface area contributed by atoms with E-state index in [0.29, 0.717) is 6.54 Å². The van der Waals surface area contributed by atoms with Crippen molar-refractivity contribution in [3.05, 3.63) is 0 Å². The Kier molecular flexibility index (Phi) is 8.05. The first-order chi connectivity index (χ1) is 7.81. The molecule has 3 nitrogen and oxygen atoms in total. The third kappa shape index (κ3) is 7.77. The van der Waals surface area contributed by atoms with E-state index in [9.17, 15) is 8.42 Å². The van der Waals surface area contributed by atoms with Crippen LogP contribution in [0.25, 0.3) is 0 Å². The average molecular weight is 263 g/mol. The van der Waals surface area contributed by atoms with Crippen molar-refractivity contribution in [1.82, 2.24) is 5.32 Å². The number of hydrogen-bond donors (Lipinski definition) is 1. The minimum Gasteiger partial charge on any atom is -0.315 e. The van der Waals surface area contributed by atoms with Gasteiger partial charge in [0.2, 0.25) is 0 Å². The van der Waals surface area contributed by atoms with Crippen LogP contribution in [0, 0.1) is 0 Å². The Labute approximate surface area is 107 Å². The smallest absolute Gasteiger partial charge is 0.153 e. The van der Waals surface area contributed by atoms with Crippen LogP contribution < -0.4 is 5.32 Å². The molecule has 1 N–H and O–H groups in total. The van der Waals surface area contributed by atoms with Crippen LogP contribution in [0.3, 0.4) is 0 Å². The summed E-state index contributed by atoms with van der Waals surface area (Å²) in [5.41, 5.74) is 0. The summed E-state index contributed by atoms with van der Waals surface area (Å²) >= 11 is 0. The topological polar surface area (TPSA) is 46.2 Å². The highest BCUT2D eigenvalue weighted by atomic mass is 32.2. The molecule has 0 radical (unpaired) electrons. The van der Waals surface area contributed by atoms with Crippen molar-refractivity contribution in [2.75, 3.05) is 19.3 Å². The molecule has 0 saturated carbocycles. The molecular formula is C13H29NO2S. The van der Waals surface area contributed by atoms with Crippen LogP contribution in [0.15, 0.2) is 0 Å². The van der Waals surface area contributed by atoms with Gasteiger partial charge in [0.1, 0.15) is 0 Å². The zero-order valence-corrected chi connectivity index (χ0v) is 12.7. The molecule has 104 valence electrons. The fraction of sp³-hybridized carbons (Fsp3) is 1.00. The van der Waals surface area contributed by atoms with Crippen LogP contribution in [0.2, 0.25) is 0 Å². The molecule has 0 rings (SSSR count). The van der Waals surface area contributed by atoms with E-state index in [1.165, 1.54) is 38.4 Å². The Bertz CT molecular complexity index is 284. The lowest BCUT2D eigenvalue weighted by Gasteiger charge is -2.22. The van der Waals surface area contributed by atoms with Gasteiger partial charge in [-0.05, 0) is 26.8 Å². The molecule has 0 spiro atoms. The fourth-order valence-electron chi connectivity index (χ4n) is 1.55. The summed E-state index contributed by atoms with van der Waals surface area (Å²) in [5, 5.41) is 3.24. The quantitative estimate of drug-likeness (QED) is 0.616. The van der Waals surface area contributed by atoms with Gasteiger partial charge in [-0.25, -0.2) is 8.42 Å². The molecule has 0 amide bonds. The van der Waals surface area contributed by atoms with E-state index in [-0.39, 0.29) is 0 Å². The Balaban J connectivity index is 3.52. The molecule has 0 saturated heterocycles. The van der Waals surface area contributed by atoms with E-state index < -0.39 is 14.6 Å². The van der Waals surface area contributed by atoms with Crippen LogP contribution in [-0.4, -0.2) is 32.5 Å². The van der Waals surface area contributed by atoms with Gasteiger partial charge in [0.25, 0.3) is 0 Å². The number of hydrogen-bond acceptors (Lipinski definition) is 3. The molecule has 0 aliphatic rings. The maximum atomic E-state index is 11.5. The molecule has 0 aliphatic heterocycles. The summed E-state index contributed by atoms with van der Waals surface area (Å²) in [6.07, 6.45) is 8.92. The van der Waals surface area contributed by atoms with Gasteiger partial charge in [0.05, 0.1) is 4.75 Å². The molecule has 0 aromatic heterocycles. The standard InChI is InChI=1S/C13H29NO2S/c1-5-6-7-8-9-10-11-14-12-13(2,3)17(4,15)16/h14H,5-12H2,1-4H3. The first-order valence-corrected chi connectivity index (χ1v) is 8.60. The first-order valence-electron chi connectivity index (χ1n) is 6.71. The highest BCUT2D eigenvalue weighted by Crippen LogP contribution is 2.13. The van der Waals surface area contributed by atoms with Crippen LogP contribution in [0.5, 0.6) is 0 Å². The molecule has 0 aromatic rings. The van der Waals surface area contributed by atoms with E-state index in [2.05, 4.69) is 12.2 Å². The first kappa shape index (κ1) is 16.9. The molecule has 0 aliphatic carbocycles. The van der Waals surface area contributed by atoms with Gasteiger partial charge in [0, 0.05) is 12.8 Å². The van der Waals surface area contributed by atoms with Crippen molar-refractivity contribution in [2.45, 2.75) is 64.0 Å². The van der Waals surface area contributed by atoms with Gasteiger partial charge >= 0.3 is 0 Å². The third-order valence-electron chi connectivity index (χ3n) is 3.26. The molecule has 17 heavy (non-hydrogen) atoms. The van der Waals surface area contributed by atoms with Crippen molar-refractivity contribution in [1.29, 1.82) is 0 Å². The minimum absolute atomic E-state index is 0.542. The van der Waals surface area contributed by atoms with E-state index in [4.69, 9.17) is 0 Å². The van der Waals surface area contributed by atoms with Gasteiger partial charge in [-0.15, -0.1) is 0 Å². The summed E-state index contributed by atoms with van der Waals surface area (Å²) in [5.74, 6) is 0. The van der Waals surface area contributed by atoms with Crippen molar-refractivity contribution >= 4 is 9.84 Å². The summed E-state index contributed by atoms with van der Waals surface area (Å²) in [4.78, 5) is 0. The van der Waals surface area contributed by atoms with Crippen LogP contribution in [0.1, 0.15) is 59.3 Å². The van der Waals surface area contributed by atoms with Crippen molar-refractivity contribution < 1.29 is 8.42 Å². The van der Waals surface area contributed by atoms with E-state index in [0.717, 1.165) is 13.0 Å². The lowest BCUT2D eigenvalue weighted by atomic mass is 10.1. The predicted octanol–water partition coefficient (Wildman–Crippen LogP) is 2.76. The lowest BCUT2D eigenvalue weighted by molar-refractivity contribution is 0.508. The summed E-state index contributed by atoms with van der Waals surface area (Å²) < 4.78 is 22.2. The van der Waals surface area contributed by atoms with Gasteiger partial charge < -0.3 is 5.32 Å². The zero-order chi connectivity index (χ0) is 13.4. The normalized spacial score (nSPS) is 12.9. The largest absolute Gasteiger partial charge is 0.315 e. The van der Waals surface area contributed by atoms with Gasteiger partial charge in [-0.3, -0.25) is 0 Å². The summed E-state index contributed by atoms with van der Waals surface area (Å²) in [6, 6.07) is 0. The SMILES string of the molecule is CCCCCCCCNCC(C)(C)S(C)(=O)=O. The Hall–Kier alpha value is -0.0900.